The molecule has 1 aliphatic rings. The van der Waals surface area contributed by atoms with Crippen molar-refractivity contribution in [3.8, 4) is 0 Å². The Hall–Kier alpha value is -4.34. The number of aryl methyl sites for hydroxylation is 1. The van der Waals surface area contributed by atoms with E-state index < -0.39 is 40.0 Å². The van der Waals surface area contributed by atoms with Gasteiger partial charge in [-0.25, -0.2) is 4.79 Å². The first-order chi connectivity index (χ1) is 16.1. The summed E-state index contributed by atoms with van der Waals surface area (Å²) in [4.78, 5) is 62.7. The van der Waals surface area contributed by atoms with Crippen LogP contribution in [0, 0.1) is 23.0 Å². The van der Waals surface area contributed by atoms with Gasteiger partial charge in [0.15, 0.2) is 0 Å². The van der Waals surface area contributed by atoms with Crippen LogP contribution in [0.3, 0.4) is 0 Å². The predicted molar refractivity (Wildman–Crippen MR) is 123 cm³/mol. The highest BCUT2D eigenvalue weighted by Gasteiger charge is 2.46. The molecule has 2 aromatic carbocycles. The second-order valence-corrected chi connectivity index (χ2v) is 8.53. The maximum atomic E-state index is 13.3. The van der Waals surface area contributed by atoms with Crippen LogP contribution in [0.5, 0.6) is 0 Å². The molecule has 2 heterocycles. The number of nitrogens with one attached hydrogen (secondary N) is 1. The van der Waals surface area contributed by atoms with E-state index in [1.807, 2.05) is 13.8 Å². The number of nitro benzene ring substituents is 1. The summed E-state index contributed by atoms with van der Waals surface area (Å²) in [7, 11) is 0. The summed E-state index contributed by atoms with van der Waals surface area (Å²) >= 11 is 0. The number of anilines is 1. The number of hydrogen-bond acceptors (Lipinski definition) is 7. The van der Waals surface area contributed by atoms with Crippen LogP contribution in [-0.4, -0.2) is 33.6 Å². The minimum absolute atomic E-state index is 0.0766. The summed E-state index contributed by atoms with van der Waals surface area (Å²) in [5, 5.41) is 14.8. The SMILES string of the molecule is Cc1cc(=O)oc2cc(NC(=O)C(CC(C)C)N3C(=O)c4cccc([N+](=O)[O-])c4C3=O)ccc12. The summed E-state index contributed by atoms with van der Waals surface area (Å²) in [6, 6.07) is 8.76. The second kappa shape index (κ2) is 8.54. The summed E-state index contributed by atoms with van der Waals surface area (Å²) in [6.07, 6.45) is 0.146. The molecule has 3 amide bonds. The van der Waals surface area contributed by atoms with Gasteiger partial charge in [-0.05, 0) is 43.0 Å². The van der Waals surface area contributed by atoms with Crippen LogP contribution in [0.4, 0.5) is 11.4 Å². The number of hydrogen-bond donors (Lipinski definition) is 1. The summed E-state index contributed by atoms with van der Waals surface area (Å²) in [5.74, 6) is -2.36. The molecule has 1 N–H and O–H groups in total. The topological polar surface area (TPSA) is 140 Å². The molecule has 0 fully saturated rings. The molecule has 4 rings (SSSR count). The van der Waals surface area contributed by atoms with Crippen molar-refractivity contribution in [2.75, 3.05) is 5.32 Å². The monoisotopic (exact) mass is 463 g/mol. The summed E-state index contributed by atoms with van der Waals surface area (Å²) < 4.78 is 5.21. The van der Waals surface area contributed by atoms with Crippen LogP contribution in [0.1, 0.15) is 46.5 Å². The van der Waals surface area contributed by atoms with Crippen molar-refractivity contribution in [2.45, 2.75) is 33.2 Å². The van der Waals surface area contributed by atoms with Gasteiger partial charge in [0.05, 0.1) is 10.5 Å². The minimum Gasteiger partial charge on any atom is -0.423 e. The zero-order valence-corrected chi connectivity index (χ0v) is 18.7. The normalized spacial score (nSPS) is 13.9. The number of fused-ring (bicyclic) bond motifs is 2. The number of amides is 3. The van der Waals surface area contributed by atoms with Crippen LogP contribution in [-0.2, 0) is 4.79 Å². The third-order valence-electron chi connectivity index (χ3n) is 5.65. The van der Waals surface area contributed by atoms with Gasteiger partial charge in [-0.1, -0.05) is 19.9 Å². The van der Waals surface area contributed by atoms with Crippen LogP contribution < -0.4 is 10.9 Å². The van der Waals surface area contributed by atoms with Gasteiger partial charge in [-0.3, -0.25) is 29.4 Å². The number of nitro groups is 1. The fourth-order valence-corrected chi connectivity index (χ4v) is 4.13. The van der Waals surface area contributed by atoms with E-state index >= 15 is 0 Å². The molecule has 1 unspecified atom stereocenters. The van der Waals surface area contributed by atoms with E-state index in [0.29, 0.717) is 11.1 Å². The van der Waals surface area contributed by atoms with Crippen molar-refractivity contribution in [2.24, 2.45) is 5.92 Å². The van der Waals surface area contributed by atoms with Gasteiger partial charge in [-0.2, -0.15) is 0 Å². The quantitative estimate of drug-likeness (QED) is 0.255. The zero-order valence-electron chi connectivity index (χ0n) is 18.7. The molecule has 0 bridgehead atoms. The number of benzene rings is 2. The van der Waals surface area contributed by atoms with E-state index in [1.54, 1.807) is 19.1 Å². The van der Waals surface area contributed by atoms with E-state index in [-0.39, 0.29) is 29.0 Å². The average Bonchev–Trinajstić information content (AvgIpc) is 3.01. The highest BCUT2D eigenvalue weighted by molar-refractivity contribution is 6.25. The van der Waals surface area contributed by atoms with Gasteiger partial charge < -0.3 is 9.73 Å². The molecule has 0 saturated carbocycles. The fraction of sp³-hybridized carbons (Fsp3) is 0.250. The van der Waals surface area contributed by atoms with Gasteiger partial charge >= 0.3 is 5.63 Å². The first-order valence-electron chi connectivity index (χ1n) is 10.6. The Bertz CT molecular complexity index is 1420. The Balaban J connectivity index is 1.69. The van der Waals surface area contributed by atoms with E-state index in [1.165, 1.54) is 24.3 Å². The minimum atomic E-state index is -1.20. The molecule has 1 aliphatic heterocycles. The van der Waals surface area contributed by atoms with E-state index in [0.717, 1.165) is 16.5 Å². The lowest BCUT2D eigenvalue weighted by Crippen LogP contribution is -2.48. The average molecular weight is 463 g/mol. The van der Waals surface area contributed by atoms with Crippen LogP contribution in [0.2, 0.25) is 0 Å². The molecule has 3 aromatic rings. The molecule has 10 heteroatoms. The van der Waals surface area contributed by atoms with Gasteiger partial charge in [0.2, 0.25) is 5.91 Å². The fourth-order valence-electron chi connectivity index (χ4n) is 4.13. The molecule has 0 spiro atoms. The number of carbonyl (C=O) groups is 3. The van der Waals surface area contributed by atoms with E-state index in [4.69, 9.17) is 4.42 Å². The van der Waals surface area contributed by atoms with Crippen LogP contribution in [0.25, 0.3) is 11.0 Å². The maximum Gasteiger partial charge on any atom is 0.336 e. The Labute approximate surface area is 193 Å². The zero-order chi connectivity index (χ0) is 24.7. The van der Waals surface area contributed by atoms with Crippen molar-refractivity contribution in [1.29, 1.82) is 0 Å². The first-order valence-corrected chi connectivity index (χ1v) is 10.6. The molecule has 0 saturated heterocycles. The van der Waals surface area contributed by atoms with Crippen molar-refractivity contribution < 1.29 is 23.7 Å². The second-order valence-electron chi connectivity index (χ2n) is 8.53. The van der Waals surface area contributed by atoms with Crippen LogP contribution in [0.15, 0.2) is 51.7 Å². The van der Waals surface area contributed by atoms with Crippen molar-refractivity contribution in [3.05, 3.63) is 79.7 Å². The highest BCUT2D eigenvalue weighted by Crippen LogP contribution is 2.33. The highest BCUT2D eigenvalue weighted by atomic mass is 16.6. The largest absolute Gasteiger partial charge is 0.423 e. The summed E-state index contributed by atoms with van der Waals surface area (Å²) in [5.41, 5.74) is -0.136. The molecule has 0 radical (unpaired) electrons. The smallest absolute Gasteiger partial charge is 0.336 e. The van der Waals surface area contributed by atoms with Crippen molar-refractivity contribution in [3.63, 3.8) is 0 Å². The molecule has 174 valence electrons. The van der Waals surface area contributed by atoms with Crippen molar-refractivity contribution in [1.82, 2.24) is 4.90 Å². The standard InChI is InChI=1S/C24H21N3O7/c1-12(2)9-18(26-23(30)16-5-4-6-17(27(32)33)21(16)24(26)31)22(29)25-14-7-8-15-13(3)10-20(28)34-19(15)11-14/h4-8,10-12,18H,9H2,1-3H3,(H,25,29). The number of carbonyl (C=O) groups excluding carboxylic acids is 3. The molecular formula is C24H21N3O7. The first kappa shape index (κ1) is 22.8. The molecular weight excluding hydrogens is 442 g/mol. The number of rotatable bonds is 6. The Morgan fingerprint density at radius 1 is 1.12 bits per heavy atom. The van der Waals surface area contributed by atoms with Gasteiger partial charge in [0.1, 0.15) is 17.2 Å². The lowest BCUT2D eigenvalue weighted by molar-refractivity contribution is -0.385. The van der Waals surface area contributed by atoms with E-state index in [2.05, 4.69) is 5.32 Å². The Morgan fingerprint density at radius 2 is 1.85 bits per heavy atom. The molecule has 10 nitrogen and oxygen atoms in total. The Kier molecular flexibility index (Phi) is 5.74. The molecule has 1 aromatic heterocycles. The third-order valence-corrected chi connectivity index (χ3v) is 5.65. The van der Waals surface area contributed by atoms with Crippen molar-refractivity contribution >= 4 is 40.1 Å². The van der Waals surface area contributed by atoms with Gasteiger partial charge in [0, 0.05) is 29.3 Å². The number of imide groups is 1. The van der Waals surface area contributed by atoms with Crippen LogP contribution >= 0.6 is 0 Å². The lowest BCUT2D eigenvalue weighted by Gasteiger charge is -2.26. The van der Waals surface area contributed by atoms with E-state index in [9.17, 15) is 29.3 Å². The molecule has 0 aliphatic carbocycles. The molecule has 1 atom stereocenters. The molecule has 34 heavy (non-hydrogen) atoms. The number of nitrogens with zero attached hydrogens (tertiary/aromatic N) is 2. The predicted octanol–water partition coefficient (Wildman–Crippen LogP) is 3.66. The maximum absolute atomic E-state index is 13.3. The lowest BCUT2D eigenvalue weighted by atomic mass is 10.0. The van der Waals surface area contributed by atoms with Gasteiger partial charge in [0.25, 0.3) is 17.5 Å². The third kappa shape index (κ3) is 3.94. The van der Waals surface area contributed by atoms with Gasteiger partial charge in [-0.15, -0.1) is 0 Å². The summed E-state index contributed by atoms with van der Waals surface area (Å²) in [6.45, 7) is 5.42. The Morgan fingerprint density at radius 3 is 2.53 bits per heavy atom.